The zero-order valence-corrected chi connectivity index (χ0v) is 15.1. The van der Waals surface area contributed by atoms with Gasteiger partial charge in [0.1, 0.15) is 0 Å². The standard InChI is InChI=1S/C17H24N4O2S/c1-4-12-7-5-6-8-14(12)19-15(22)10-24-17-21-20-16(23-17)13(18)9-11(2)3/h5-8,11,13H,4,9-10,18H2,1-3H3,(H,19,22)/t13-/m0/s1. The number of hydrogen-bond acceptors (Lipinski definition) is 6. The van der Waals surface area contributed by atoms with Gasteiger partial charge in [0.2, 0.25) is 11.8 Å². The highest BCUT2D eigenvalue weighted by molar-refractivity contribution is 7.99. The first-order chi connectivity index (χ1) is 11.5. The van der Waals surface area contributed by atoms with E-state index in [1.807, 2.05) is 24.3 Å². The smallest absolute Gasteiger partial charge is 0.277 e. The number of thioether (sulfide) groups is 1. The van der Waals surface area contributed by atoms with Gasteiger partial charge in [-0.05, 0) is 30.4 Å². The summed E-state index contributed by atoms with van der Waals surface area (Å²) >= 11 is 1.21. The van der Waals surface area contributed by atoms with E-state index in [-0.39, 0.29) is 17.7 Å². The SMILES string of the molecule is CCc1ccccc1NC(=O)CSc1nnc([C@@H](N)CC(C)C)o1. The third-order valence-corrected chi connectivity index (χ3v) is 4.28. The van der Waals surface area contributed by atoms with Crippen LogP contribution in [0.5, 0.6) is 0 Å². The Morgan fingerprint density at radius 2 is 2.08 bits per heavy atom. The quantitative estimate of drug-likeness (QED) is 0.710. The van der Waals surface area contributed by atoms with Gasteiger partial charge in [0.15, 0.2) is 0 Å². The molecule has 0 saturated carbocycles. The minimum absolute atomic E-state index is 0.105. The summed E-state index contributed by atoms with van der Waals surface area (Å²) in [6.07, 6.45) is 1.64. The van der Waals surface area contributed by atoms with Gasteiger partial charge in [-0.2, -0.15) is 0 Å². The minimum atomic E-state index is -0.267. The lowest BCUT2D eigenvalue weighted by atomic mass is 10.1. The molecule has 0 aliphatic rings. The van der Waals surface area contributed by atoms with Crippen LogP contribution in [0.2, 0.25) is 0 Å². The van der Waals surface area contributed by atoms with Crippen molar-refractivity contribution >= 4 is 23.4 Å². The first-order valence-corrected chi connectivity index (χ1v) is 9.07. The van der Waals surface area contributed by atoms with E-state index in [9.17, 15) is 4.79 Å². The molecule has 2 rings (SSSR count). The number of anilines is 1. The van der Waals surface area contributed by atoms with Crippen molar-refractivity contribution in [3.8, 4) is 0 Å². The van der Waals surface area contributed by atoms with Gasteiger partial charge in [-0.25, -0.2) is 0 Å². The zero-order chi connectivity index (χ0) is 17.5. The second-order valence-electron chi connectivity index (χ2n) is 5.99. The van der Waals surface area contributed by atoms with E-state index in [1.165, 1.54) is 11.8 Å². The van der Waals surface area contributed by atoms with Crippen LogP contribution >= 0.6 is 11.8 Å². The molecule has 3 N–H and O–H groups in total. The van der Waals surface area contributed by atoms with Crippen LogP contribution in [0.3, 0.4) is 0 Å². The van der Waals surface area contributed by atoms with Crippen molar-refractivity contribution in [3.05, 3.63) is 35.7 Å². The zero-order valence-electron chi connectivity index (χ0n) is 14.3. The van der Waals surface area contributed by atoms with Gasteiger partial charge in [-0.15, -0.1) is 10.2 Å². The molecule has 0 spiro atoms. The van der Waals surface area contributed by atoms with Crippen molar-refractivity contribution in [2.45, 2.75) is 44.9 Å². The number of hydrogen-bond donors (Lipinski definition) is 2. The molecular formula is C17H24N4O2S. The Morgan fingerprint density at radius 3 is 2.79 bits per heavy atom. The molecule has 1 atom stereocenters. The molecule has 0 aliphatic carbocycles. The van der Waals surface area contributed by atoms with E-state index in [1.54, 1.807) is 0 Å². The fraction of sp³-hybridized carbons (Fsp3) is 0.471. The lowest BCUT2D eigenvalue weighted by molar-refractivity contribution is -0.113. The minimum Gasteiger partial charge on any atom is -0.414 e. The molecule has 130 valence electrons. The number of rotatable bonds is 8. The maximum absolute atomic E-state index is 12.1. The van der Waals surface area contributed by atoms with Gasteiger partial charge >= 0.3 is 0 Å². The second-order valence-corrected chi connectivity index (χ2v) is 6.92. The number of nitrogens with one attached hydrogen (secondary N) is 1. The number of amides is 1. The Labute approximate surface area is 146 Å². The van der Waals surface area contributed by atoms with Crippen LogP contribution in [-0.4, -0.2) is 21.9 Å². The van der Waals surface area contributed by atoms with E-state index < -0.39 is 0 Å². The van der Waals surface area contributed by atoms with Crippen molar-refractivity contribution in [3.63, 3.8) is 0 Å². The molecular weight excluding hydrogens is 324 g/mol. The normalized spacial score (nSPS) is 12.4. The van der Waals surface area contributed by atoms with Gasteiger partial charge in [-0.3, -0.25) is 4.79 Å². The molecule has 24 heavy (non-hydrogen) atoms. The van der Waals surface area contributed by atoms with Crippen LogP contribution in [0.15, 0.2) is 33.9 Å². The summed E-state index contributed by atoms with van der Waals surface area (Å²) in [6, 6.07) is 7.50. The first-order valence-electron chi connectivity index (χ1n) is 8.09. The summed E-state index contributed by atoms with van der Waals surface area (Å²) in [4.78, 5) is 12.1. The molecule has 1 heterocycles. The van der Waals surface area contributed by atoms with E-state index in [2.05, 4.69) is 36.3 Å². The van der Waals surface area contributed by atoms with Crippen molar-refractivity contribution in [1.29, 1.82) is 0 Å². The molecule has 0 bridgehead atoms. The lowest BCUT2D eigenvalue weighted by Crippen LogP contribution is -2.15. The monoisotopic (exact) mass is 348 g/mol. The van der Waals surface area contributed by atoms with E-state index in [4.69, 9.17) is 10.2 Å². The summed E-state index contributed by atoms with van der Waals surface area (Å²) < 4.78 is 5.53. The van der Waals surface area contributed by atoms with Crippen LogP contribution < -0.4 is 11.1 Å². The number of nitrogens with zero attached hydrogens (tertiary/aromatic N) is 2. The Bertz CT molecular complexity index is 672. The summed E-state index contributed by atoms with van der Waals surface area (Å²) in [5, 5.41) is 11.2. The van der Waals surface area contributed by atoms with Gasteiger partial charge in [0, 0.05) is 5.69 Å². The predicted octanol–water partition coefficient (Wildman–Crippen LogP) is 3.41. The highest BCUT2D eigenvalue weighted by Gasteiger charge is 2.17. The average Bonchev–Trinajstić information content (AvgIpc) is 3.02. The number of carbonyl (C=O) groups excluding carboxylic acids is 1. The lowest BCUT2D eigenvalue weighted by Gasteiger charge is -2.09. The average molecular weight is 348 g/mol. The Hall–Kier alpha value is -1.86. The first kappa shape index (κ1) is 18.5. The molecule has 2 aromatic rings. The molecule has 0 fully saturated rings. The molecule has 0 saturated heterocycles. The summed E-state index contributed by atoms with van der Waals surface area (Å²) in [7, 11) is 0. The maximum Gasteiger partial charge on any atom is 0.277 e. The number of para-hydroxylation sites is 1. The van der Waals surface area contributed by atoms with Crippen LogP contribution in [0.1, 0.15) is 44.7 Å². The summed E-state index contributed by atoms with van der Waals surface area (Å²) in [6.45, 7) is 6.23. The molecule has 0 radical (unpaired) electrons. The van der Waals surface area contributed by atoms with E-state index in [0.29, 0.717) is 17.0 Å². The van der Waals surface area contributed by atoms with Crippen molar-refractivity contribution in [2.75, 3.05) is 11.1 Å². The van der Waals surface area contributed by atoms with Crippen molar-refractivity contribution in [1.82, 2.24) is 10.2 Å². The number of aromatic nitrogens is 2. The number of benzene rings is 1. The number of aryl methyl sites for hydroxylation is 1. The van der Waals surface area contributed by atoms with Gasteiger partial charge in [0.05, 0.1) is 11.8 Å². The molecule has 6 nitrogen and oxygen atoms in total. The Kier molecular flexibility index (Phi) is 6.81. The topological polar surface area (TPSA) is 94.0 Å². The van der Waals surface area contributed by atoms with Gasteiger partial charge < -0.3 is 15.5 Å². The van der Waals surface area contributed by atoms with E-state index in [0.717, 1.165) is 24.1 Å². The molecule has 7 heteroatoms. The highest BCUT2D eigenvalue weighted by Crippen LogP contribution is 2.23. The molecule has 1 amide bonds. The largest absolute Gasteiger partial charge is 0.414 e. The summed E-state index contributed by atoms with van der Waals surface area (Å²) in [5.74, 6) is 0.974. The van der Waals surface area contributed by atoms with Crippen LogP contribution in [0, 0.1) is 5.92 Å². The molecule has 0 aliphatic heterocycles. The number of nitrogens with two attached hydrogens (primary N) is 1. The molecule has 1 aromatic heterocycles. The molecule has 1 aromatic carbocycles. The van der Waals surface area contributed by atoms with Crippen molar-refractivity contribution < 1.29 is 9.21 Å². The third kappa shape index (κ3) is 5.35. The fourth-order valence-corrected chi connectivity index (χ4v) is 2.87. The summed E-state index contributed by atoms with van der Waals surface area (Å²) in [5.41, 5.74) is 7.96. The Balaban J connectivity index is 1.87. The van der Waals surface area contributed by atoms with Crippen LogP contribution in [0.4, 0.5) is 5.69 Å². The van der Waals surface area contributed by atoms with Gasteiger partial charge in [0.25, 0.3) is 5.22 Å². The maximum atomic E-state index is 12.1. The van der Waals surface area contributed by atoms with Crippen LogP contribution in [0.25, 0.3) is 0 Å². The fourth-order valence-electron chi connectivity index (χ4n) is 2.30. The van der Waals surface area contributed by atoms with Crippen LogP contribution in [-0.2, 0) is 11.2 Å². The second kappa shape index (κ2) is 8.84. The number of carbonyl (C=O) groups is 1. The highest BCUT2D eigenvalue weighted by atomic mass is 32.2. The van der Waals surface area contributed by atoms with Crippen molar-refractivity contribution in [2.24, 2.45) is 11.7 Å². The van der Waals surface area contributed by atoms with E-state index >= 15 is 0 Å². The predicted molar refractivity (Wildman–Crippen MR) is 95.9 cm³/mol. The molecule has 0 unspecified atom stereocenters. The third-order valence-electron chi connectivity index (χ3n) is 3.46. The van der Waals surface area contributed by atoms with Gasteiger partial charge in [-0.1, -0.05) is 50.7 Å². The Morgan fingerprint density at radius 1 is 1.33 bits per heavy atom.